The average molecular weight is 334 g/mol. The third-order valence-corrected chi connectivity index (χ3v) is 5.09. The van der Waals surface area contributed by atoms with Gasteiger partial charge in [0.25, 0.3) is 0 Å². The molecular formula is C17H17BrFN. The molecule has 1 saturated carbocycles. The lowest BCUT2D eigenvalue weighted by atomic mass is 9.75. The summed E-state index contributed by atoms with van der Waals surface area (Å²) in [4.78, 5) is 0. The van der Waals surface area contributed by atoms with E-state index in [1.54, 1.807) is 12.1 Å². The van der Waals surface area contributed by atoms with E-state index in [1.807, 2.05) is 12.1 Å². The molecule has 0 bridgehead atoms. The van der Waals surface area contributed by atoms with E-state index in [-0.39, 0.29) is 5.82 Å². The lowest BCUT2D eigenvalue weighted by Crippen LogP contribution is -2.34. The largest absolute Gasteiger partial charge is 0.381 e. The van der Waals surface area contributed by atoms with E-state index < -0.39 is 0 Å². The van der Waals surface area contributed by atoms with Gasteiger partial charge in [-0.3, -0.25) is 0 Å². The van der Waals surface area contributed by atoms with Gasteiger partial charge in [0, 0.05) is 16.2 Å². The molecule has 0 spiro atoms. The van der Waals surface area contributed by atoms with Crippen molar-refractivity contribution in [2.24, 2.45) is 0 Å². The van der Waals surface area contributed by atoms with Crippen molar-refractivity contribution >= 4 is 21.6 Å². The van der Waals surface area contributed by atoms with Gasteiger partial charge in [-0.25, -0.2) is 4.39 Å². The number of benzene rings is 2. The highest BCUT2D eigenvalue weighted by Gasteiger charge is 2.32. The highest BCUT2D eigenvalue weighted by molar-refractivity contribution is 9.10. The molecule has 1 aliphatic carbocycles. The highest BCUT2D eigenvalue weighted by Crippen LogP contribution is 2.40. The first-order chi connectivity index (χ1) is 9.65. The fourth-order valence-corrected chi connectivity index (χ4v) is 3.15. The first-order valence-electron chi connectivity index (χ1n) is 6.91. The number of hydrogen-bond acceptors (Lipinski definition) is 1. The summed E-state index contributed by atoms with van der Waals surface area (Å²) < 4.78 is 14.8. The standard InChI is InChI=1S/C17H17BrFN/c1-11-5-4-8-16(17(11)18)20-13-9-12(10-13)14-6-2-3-7-15(14)19/h2-8,12-13,20H,9-10H2,1H3. The third kappa shape index (κ3) is 2.59. The quantitative estimate of drug-likeness (QED) is 0.808. The molecule has 0 heterocycles. The number of halogens is 2. The van der Waals surface area contributed by atoms with Gasteiger partial charge < -0.3 is 5.32 Å². The minimum atomic E-state index is -0.0762. The van der Waals surface area contributed by atoms with Crippen molar-refractivity contribution in [3.63, 3.8) is 0 Å². The molecule has 2 aromatic carbocycles. The molecule has 3 heteroatoms. The Bertz CT molecular complexity index is 620. The minimum absolute atomic E-state index is 0.0762. The van der Waals surface area contributed by atoms with Crippen molar-refractivity contribution in [3.8, 4) is 0 Å². The Morgan fingerprint density at radius 2 is 1.85 bits per heavy atom. The van der Waals surface area contributed by atoms with Gasteiger partial charge in [0.15, 0.2) is 0 Å². The van der Waals surface area contributed by atoms with E-state index in [1.165, 1.54) is 5.56 Å². The average Bonchev–Trinajstić information content (AvgIpc) is 2.39. The van der Waals surface area contributed by atoms with Gasteiger partial charge >= 0.3 is 0 Å². The Hall–Kier alpha value is -1.35. The van der Waals surface area contributed by atoms with Gasteiger partial charge in [-0.1, -0.05) is 30.3 Å². The maximum absolute atomic E-state index is 13.7. The third-order valence-electron chi connectivity index (χ3n) is 4.03. The SMILES string of the molecule is Cc1cccc(NC2CC(c3ccccc3F)C2)c1Br. The fourth-order valence-electron chi connectivity index (χ4n) is 2.77. The van der Waals surface area contributed by atoms with E-state index in [2.05, 4.69) is 46.4 Å². The van der Waals surface area contributed by atoms with Gasteiger partial charge in [0.2, 0.25) is 0 Å². The second-order valence-electron chi connectivity index (χ2n) is 5.47. The van der Waals surface area contributed by atoms with Crippen LogP contribution >= 0.6 is 15.9 Å². The van der Waals surface area contributed by atoms with E-state index in [0.29, 0.717) is 12.0 Å². The molecule has 0 unspecified atom stereocenters. The van der Waals surface area contributed by atoms with E-state index >= 15 is 0 Å². The highest BCUT2D eigenvalue weighted by atomic mass is 79.9. The zero-order chi connectivity index (χ0) is 14.1. The lowest BCUT2D eigenvalue weighted by Gasteiger charge is -2.37. The number of anilines is 1. The summed E-state index contributed by atoms with van der Waals surface area (Å²) in [5.74, 6) is 0.268. The van der Waals surface area contributed by atoms with Crippen LogP contribution in [0.3, 0.4) is 0 Å². The van der Waals surface area contributed by atoms with Crippen molar-refractivity contribution in [3.05, 3.63) is 63.9 Å². The molecule has 0 atom stereocenters. The Morgan fingerprint density at radius 1 is 1.10 bits per heavy atom. The molecule has 1 fully saturated rings. The summed E-state index contributed by atoms with van der Waals surface area (Å²) >= 11 is 3.61. The summed E-state index contributed by atoms with van der Waals surface area (Å²) in [5.41, 5.74) is 3.20. The minimum Gasteiger partial charge on any atom is -0.381 e. The number of nitrogens with one attached hydrogen (secondary N) is 1. The van der Waals surface area contributed by atoms with Crippen LogP contribution in [-0.2, 0) is 0 Å². The van der Waals surface area contributed by atoms with Crippen molar-refractivity contribution in [2.45, 2.75) is 31.7 Å². The number of aryl methyl sites for hydroxylation is 1. The lowest BCUT2D eigenvalue weighted by molar-refractivity contribution is 0.363. The first-order valence-corrected chi connectivity index (χ1v) is 7.70. The topological polar surface area (TPSA) is 12.0 Å². The summed E-state index contributed by atoms with van der Waals surface area (Å²) in [5, 5.41) is 3.54. The van der Waals surface area contributed by atoms with E-state index in [4.69, 9.17) is 0 Å². The van der Waals surface area contributed by atoms with Crippen LogP contribution in [0.4, 0.5) is 10.1 Å². The van der Waals surface area contributed by atoms with E-state index in [0.717, 1.165) is 28.6 Å². The molecule has 0 aromatic heterocycles. The maximum atomic E-state index is 13.7. The van der Waals surface area contributed by atoms with Crippen LogP contribution in [0.5, 0.6) is 0 Å². The molecule has 3 rings (SSSR count). The van der Waals surface area contributed by atoms with Crippen molar-refractivity contribution in [1.82, 2.24) is 0 Å². The maximum Gasteiger partial charge on any atom is 0.126 e. The summed E-state index contributed by atoms with van der Waals surface area (Å²) in [6.45, 7) is 2.08. The Morgan fingerprint density at radius 3 is 2.60 bits per heavy atom. The van der Waals surface area contributed by atoms with Crippen LogP contribution in [0.1, 0.15) is 29.9 Å². The van der Waals surface area contributed by atoms with Gasteiger partial charge in [-0.05, 0) is 64.9 Å². The van der Waals surface area contributed by atoms with Crippen LogP contribution in [-0.4, -0.2) is 6.04 Å². The molecule has 2 aromatic rings. The molecule has 1 nitrogen and oxygen atoms in total. The smallest absolute Gasteiger partial charge is 0.126 e. The zero-order valence-corrected chi connectivity index (χ0v) is 13.0. The van der Waals surface area contributed by atoms with E-state index in [9.17, 15) is 4.39 Å². The summed E-state index contributed by atoms with van der Waals surface area (Å²) in [6.07, 6.45) is 1.97. The summed E-state index contributed by atoms with van der Waals surface area (Å²) in [7, 11) is 0. The Labute approximate surface area is 127 Å². The van der Waals surface area contributed by atoms with Crippen LogP contribution < -0.4 is 5.32 Å². The fraction of sp³-hybridized carbons (Fsp3) is 0.294. The second-order valence-corrected chi connectivity index (χ2v) is 6.26. The van der Waals surface area contributed by atoms with Crippen molar-refractivity contribution in [1.29, 1.82) is 0 Å². The Kier molecular flexibility index (Phi) is 3.79. The van der Waals surface area contributed by atoms with Gasteiger partial charge in [-0.15, -0.1) is 0 Å². The molecule has 0 aliphatic heterocycles. The molecule has 0 radical (unpaired) electrons. The number of rotatable bonds is 3. The molecule has 0 amide bonds. The predicted molar refractivity (Wildman–Crippen MR) is 84.7 cm³/mol. The Balaban J connectivity index is 1.64. The van der Waals surface area contributed by atoms with Crippen LogP contribution in [0.15, 0.2) is 46.9 Å². The molecule has 20 heavy (non-hydrogen) atoms. The second kappa shape index (κ2) is 5.57. The number of hydrogen-bond donors (Lipinski definition) is 1. The zero-order valence-electron chi connectivity index (χ0n) is 11.4. The van der Waals surface area contributed by atoms with Gasteiger partial charge in [0.1, 0.15) is 5.82 Å². The molecule has 104 valence electrons. The van der Waals surface area contributed by atoms with Crippen LogP contribution in [0.2, 0.25) is 0 Å². The normalized spacial score (nSPS) is 21.4. The van der Waals surface area contributed by atoms with Crippen molar-refractivity contribution < 1.29 is 4.39 Å². The molecule has 1 N–H and O–H groups in total. The molecule has 0 saturated heterocycles. The van der Waals surface area contributed by atoms with Crippen LogP contribution in [0.25, 0.3) is 0 Å². The van der Waals surface area contributed by atoms with Crippen LogP contribution in [0, 0.1) is 12.7 Å². The molecule has 1 aliphatic rings. The van der Waals surface area contributed by atoms with Crippen molar-refractivity contribution in [2.75, 3.05) is 5.32 Å². The summed E-state index contributed by atoms with van der Waals surface area (Å²) in [6, 6.07) is 13.7. The monoisotopic (exact) mass is 333 g/mol. The first kappa shape index (κ1) is 13.6. The predicted octanol–water partition coefficient (Wildman–Crippen LogP) is 5.25. The van der Waals surface area contributed by atoms with Gasteiger partial charge in [0.05, 0.1) is 0 Å². The van der Waals surface area contributed by atoms with Gasteiger partial charge in [-0.2, -0.15) is 0 Å². The molecular weight excluding hydrogens is 317 g/mol.